The number of aromatic nitrogens is 2. The van der Waals surface area contributed by atoms with Crippen LogP contribution in [0.15, 0.2) is 66.7 Å². The van der Waals surface area contributed by atoms with Gasteiger partial charge in [-0.2, -0.15) is 5.10 Å². The SMILES string of the molecule is Cc1ccc(C(C(N)=O)c2ccc(N3CCC(Cc4ccccc4)CC3)nn2)cc1. The Labute approximate surface area is 177 Å². The average molecular weight is 401 g/mol. The van der Waals surface area contributed by atoms with E-state index in [0.717, 1.165) is 49.3 Å². The third-order valence-corrected chi connectivity index (χ3v) is 5.97. The van der Waals surface area contributed by atoms with Gasteiger partial charge in [-0.25, -0.2) is 0 Å². The first-order chi connectivity index (χ1) is 14.6. The van der Waals surface area contributed by atoms with Crippen molar-refractivity contribution in [3.05, 3.63) is 89.1 Å². The second-order valence-corrected chi connectivity index (χ2v) is 8.18. The lowest BCUT2D eigenvalue weighted by atomic mass is 9.90. The van der Waals surface area contributed by atoms with E-state index in [4.69, 9.17) is 5.73 Å². The molecule has 1 unspecified atom stereocenters. The molecule has 0 radical (unpaired) electrons. The summed E-state index contributed by atoms with van der Waals surface area (Å²) in [5.74, 6) is 0.576. The fraction of sp³-hybridized carbons (Fsp3) is 0.320. The van der Waals surface area contributed by atoms with Gasteiger partial charge in [-0.3, -0.25) is 4.79 Å². The van der Waals surface area contributed by atoms with Crippen molar-refractivity contribution in [3.8, 4) is 0 Å². The molecule has 2 N–H and O–H groups in total. The molecule has 2 aromatic carbocycles. The Hall–Kier alpha value is -3.21. The van der Waals surface area contributed by atoms with Gasteiger partial charge in [0.2, 0.25) is 5.91 Å². The van der Waals surface area contributed by atoms with E-state index in [1.54, 1.807) is 0 Å². The summed E-state index contributed by atoms with van der Waals surface area (Å²) in [5, 5.41) is 8.79. The lowest BCUT2D eigenvalue weighted by molar-refractivity contribution is -0.118. The van der Waals surface area contributed by atoms with Crippen molar-refractivity contribution in [1.29, 1.82) is 0 Å². The zero-order valence-electron chi connectivity index (χ0n) is 17.4. The van der Waals surface area contributed by atoms with Crippen LogP contribution >= 0.6 is 0 Å². The molecule has 1 aliphatic rings. The standard InChI is InChI=1S/C25H28N4O/c1-18-7-9-21(10-8-18)24(25(26)30)22-11-12-23(28-27-22)29-15-13-20(14-16-29)17-19-5-3-2-4-6-19/h2-12,20,24H,13-17H2,1H3,(H2,26,30). The number of hydrogen-bond acceptors (Lipinski definition) is 4. The quantitative estimate of drug-likeness (QED) is 0.682. The molecular formula is C25H28N4O. The number of primary amides is 1. The molecule has 0 saturated carbocycles. The zero-order chi connectivity index (χ0) is 20.9. The van der Waals surface area contributed by atoms with Crippen LogP contribution < -0.4 is 10.6 Å². The lowest BCUT2D eigenvalue weighted by Crippen LogP contribution is -2.35. The van der Waals surface area contributed by atoms with Gasteiger partial charge in [0.1, 0.15) is 5.92 Å². The van der Waals surface area contributed by atoms with E-state index in [-0.39, 0.29) is 0 Å². The van der Waals surface area contributed by atoms with Crippen molar-refractivity contribution in [3.63, 3.8) is 0 Å². The van der Waals surface area contributed by atoms with Crippen LogP contribution in [0, 0.1) is 12.8 Å². The summed E-state index contributed by atoms with van der Waals surface area (Å²) in [4.78, 5) is 14.4. The van der Waals surface area contributed by atoms with Gasteiger partial charge in [0, 0.05) is 13.1 Å². The molecule has 0 aliphatic carbocycles. The summed E-state index contributed by atoms with van der Waals surface area (Å²) in [5.41, 5.74) is 9.67. The summed E-state index contributed by atoms with van der Waals surface area (Å²) in [6.07, 6.45) is 3.42. The van der Waals surface area contributed by atoms with Crippen molar-refractivity contribution >= 4 is 11.7 Å². The van der Waals surface area contributed by atoms with E-state index in [0.29, 0.717) is 11.6 Å². The molecule has 1 atom stereocenters. The van der Waals surface area contributed by atoms with E-state index in [2.05, 4.69) is 45.4 Å². The molecule has 1 saturated heterocycles. The first kappa shape index (κ1) is 20.1. The van der Waals surface area contributed by atoms with Gasteiger partial charge < -0.3 is 10.6 Å². The molecule has 30 heavy (non-hydrogen) atoms. The van der Waals surface area contributed by atoms with Crippen molar-refractivity contribution < 1.29 is 4.79 Å². The van der Waals surface area contributed by atoms with Crippen molar-refractivity contribution in [2.45, 2.75) is 32.1 Å². The second kappa shape index (κ2) is 9.08. The molecule has 5 heteroatoms. The fourth-order valence-corrected chi connectivity index (χ4v) is 4.21. The van der Waals surface area contributed by atoms with Crippen molar-refractivity contribution in [2.75, 3.05) is 18.0 Å². The minimum Gasteiger partial charge on any atom is -0.369 e. The highest BCUT2D eigenvalue weighted by Crippen LogP contribution is 2.27. The second-order valence-electron chi connectivity index (χ2n) is 8.18. The number of hydrogen-bond donors (Lipinski definition) is 1. The van der Waals surface area contributed by atoms with Crippen LogP contribution in [0.25, 0.3) is 0 Å². The van der Waals surface area contributed by atoms with Gasteiger partial charge in [-0.05, 0) is 55.4 Å². The Morgan fingerprint density at radius 1 is 1.00 bits per heavy atom. The minimum atomic E-state index is -0.580. The molecule has 1 amide bonds. The summed E-state index contributed by atoms with van der Waals surface area (Å²) >= 11 is 0. The molecule has 0 bridgehead atoms. The summed E-state index contributed by atoms with van der Waals surface area (Å²) in [7, 11) is 0. The van der Waals surface area contributed by atoms with Gasteiger partial charge in [0.15, 0.2) is 5.82 Å². The van der Waals surface area contributed by atoms with Crippen LogP contribution in [0.3, 0.4) is 0 Å². The van der Waals surface area contributed by atoms with Gasteiger partial charge in [-0.15, -0.1) is 5.10 Å². The zero-order valence-corrected chi connectivity index (χ0v) is 17.4. The number of nitrogens with two attached hydrogens (primary N) is 1. The largest absolute Gasteiger partial charge is 0.369 e. The number of carbonyl (C=O) groups excluding carboxylic acids is 1. The maximum Gasteiger partial charge on any atom is 0.231 e. The predicted octanol–water partition coefficient (Wildman–Crippen LogP) is 3.86. The van der Waals surface area contributed by atoms with E-state index >= 15 is 0 Å². The average Bonchev–Trinajstić information content (AvgIpc) is 2.77. The number of piperidine rings is 1. The van der Waals surface area contributed by atoms with Gasteiger partial charge in [0.05, 0.1) is 5.69 Å². The number of rotatable bonds is 6. The number of anilines is 1. The molecule has 1 aliphatic heterocycles. The Balaban J connectivity index is 1.41. The molecule has 154 valence electrons. The molecule has 0 spiro atoms. The van der Waals surface area contributed by atoms with E-state index in [1.807, 2.05) is 43.3 Å². The molecular weight excluding hydrogens is 372 g/mol. The summed E-state index contributed by atoms with van der Waals surface area (Å²) < 4.78 is 0. The monoisotopic (exact) mass is 400 g/mol. The van der Waals surface area contributed by atoms with Crippen LogP contribution in [0.2, 0.25) is 0 Å². The van der Waals surface area contributed by atoms with Crippen LogP contribution in [0.5, 0.6) is 0 Å². The van der Waals surface area contributed by atoms with Crippen LogP contribution in [0.1, 0.15) is 41.1 Å². The Morgan fingerprint density at radius 2 is 1.70 bits per heavy atom. The highest BCUT2D eigenvalue weighted by Gasteiger charge is 2.24. The lowest BCUT2D eigenvalue weighted by Gasteiger charge is -2.32. The molecule has 1 aromatic heterocycles. The highest BCUT2D eigenvalue weighted by molar-refractivity contribution is 5.85. The fourth-order valence-electron chi connectivity index (χ4n) is 4.21. The molecule has 3 aromatic rings. The van der Waals surface area contributed by atoms with E-state index in [1.165, 1.54) is 5.56 Å². The first-order valence-corrected chi connectivity index (χ1v) is 10.6. The molecule has 1 fully saturated rings. The number of aryl methyl sites for hydroxylation is 1. The first-order valence-electron chi connectivity index (χ1n) is 10.6. The Morgan fingerprint density at radius 3 is 2.30 bits per heavy atom. The third-order valence-electron chi connectivity index (χ3n) is 5.97. The Bertz CT molecular complexity index is 962. The van der Waals surface area contributed by atoms with Crippen molar-refractivity contribution in [2.24, 2.45) is 11.7 Å². The summed E-state index contributed by atoms with van der Waals surface area (Å²) in [6.45, 7) is 3.96. The number of benzene rings is 2. The maximum absolute atomic E-state index is 12.1. The van der Waals surface area contributed by atoms with Gasteiger partial charge in [0.25, 0.3) is 0 Å². The smallest absolute Gasteiger partial charge is 0.231 e. The highest BCUT2D eigenvalue weighted by atomic mass is 16.1. The van der Waals surface area contributed by atoms with Crippen LogP contribution in [0.4, 0.5) is 5.82 Å². The molecule has 2 heterocycles. The number of nitrogens with zero attached hydrogens (tertiary/aromatic N) is 3. The van der Waals surface area contributed by atoms with Crippen LogP contribution in [-0.2, 0) is 11.2 Å². The van der Waals surface area contributed by atoms with Gasteiger partial charge >= 0.3 is 0 Å². The molecule has 5 nitrogen and oxygen atoms in total. The van der Waals surface area contributed by atoms with E-state index in [9.17, 15) is 4.79 Å². The normalized spacial score (nSPS) is 15.7. The number of amides is 1. The topological polar surface area (TPSA) is 72.1 Å². The van der Waals surface area contributed by atoms with Crippen molar-refractivity contribution in [1.82, 2.24) is 10.2 Å². The van der Waals surface area contributed by atoms with Crippen LogP contribution in [-0.4, -0.2) is 29.2 Å². The van der Waals surface area contributed by atoms with E-state index < -0.39 is 11.8 Å². The van der Waals surface area contributed by atoms with Gasteiger partial charge in [-0.1, -0.05) is 60.2 Å². The predicted molar refractivity (Wildman–Crippen MR) is 119 cm³/mol. The third kappa shape index (κ3) is 4.67. The minimum absolute atomic E-state index is 0.414. The Kier molecular flexibility index (Phi) is 6.07. The molecule has 4 rings (SSSR count). The maximum atomic E-state index is 12.1. The number of carbonyl (C=O) groups is 1. The summed E-state index contributed by atoms with van der Waals surface area (Å²) in [6, 6.07) is 22.4.